The SMILES string of the molecule is CC(C)(C)[Si](C)(C)OC(C#CC1CC2C(CC23OCCO3)C1O)Cc1ccccc1. The van der Waals surface area contributed by atoms with E-state index in [9.17, 15) is 5.11 Å². The number of aliphatic hydroxyl groups is 1. The Morgan fingerprint density at radius 3 is 2.50 bits per heavy atom. The minimum atomic E-state index is -1.96. The monoisotopic (exact) mass is 428 g/mol. The van der Waals surface area contributed by atoms with Crippen molar-refractivity contribution in [2.45, 2.75) is 76.2 Å². The maximum absolute atomic E-state index is 10.8. The van der Waals surface area contributed by atoms with E-state index < -0.39 is 20.2 Å². The van der Waals surface area contributed by atoms with Crippen molar-refractivity contribution in [3.05, 3.63) is 35.9 Å². The van der Waals surface area contributed by atoms with Crippen molar-refractivity contribution < 1.29 is 19.0 Å². The van der Waals surface area contributed by atoms with Crippen molar-refractivity contribution in [2.24, 2.45) is 17.8 Å². The third-order valence-corrected chi connectivity index (χ3v) is 12.2. The molecule has 1 spiro atoms. The van der Waals surface area contributed by atoms with E-state index in [1.54, 1.807) is 0 Å². The van der Waals surface area contributed by atoms with Gasteiger partial charge in [0.15, 0.2) is 14.1 Å². The third kappa shape index (κ3) is 4.13. The van der Waals surface area contributed by atoms with E-state index in [1.807, 2.05) is 6.07 Å². The fourth-order valence-corrected chi connectivity index (χ4v) is 6.05. The molecule has 0 aromatic heterocycles. The summed E-state index contributed by atoms with van der Waals surface area (Å²) in [5, 5.41) is 11.0. The summed E-state index contributed by atoms with van der Waals surface area (Å²) in [5.74, 6) is 6.89. The van der Waals surface area contributed by atoms with E-state index in [2.05, 4.69) is 70.0 Å². The molecule has 1 aromatic rings. The first-order valence-electron chi connectivity index (χ1n) is 11.3. The predicted molar refractivity (Wildman–Crippen MR) is 120 cm³/mol. The minimum Gasteiger partial charge on any atom is -0.403 e. The Morgan fingerprint density at radius 2 is 1.87 bits per heavy atom. The number of benzene rings is 1. The molecule has 1 saturated heterocycles. The first kappa shape index (κ1) is 22.0. The zero-order valence-electron chi connectivity index (χ0n) is 19.0. The standard InChI is InChI=1S/C25H36O4Si/c1-24(2,3)30(4,5)29-20(15-18-9-7-6-8-10-18)12-11-19-16-22-21(23(19)26)17-25(22)27-13-14-28-25/h6-10,19-23,26H,13-17H2,1-5H3. The number of rotatable bonds is 4. The molecular formula is C25H36O4Si. The predicted octanol–water partition coefficient (Wildman–Crippen LogP) is 4.38. The Balaban J connectivity index is 1.50. The van der Waals surface area contributed by atoms with Crippen LogP contribution in [0.1, 0.15) is 39.2 Å². The van der Waals surface area contributed by atoms with Gasteiger partial charge in [-0.15, -0.1) is 0 Å². The molecule has 0 bridgehead atoms. The summed E-state index contributed by atoms with van der Waals surface area (Å²) in [6.45, 7) is 12.6. The molecule has 2 saturated carbocycles. The molecule has 0 amide bonds. The molecule has 0 radical (unpaired) electrons. The van der Waals surface area contributed by atoms with Crippen LogP contribution in [-0.2, 0) is 20.3 Å². The topological polar surface area (TPSA) is 47.9 Å². The quantitative estimate of drug-likeness (QED) is 0.571. The van der Waals surface area contributed by atoms with Crippen molar-refractivity contribution in [3.63, 3.8) is 0 Å². The summed E-state index contributed by atoms with van der Waals surface area (Å²) in [7, 11) is -1.96. The van der Waals surface area contributed by atoms with Crippen LogP contribution in [0.3, 0.4) is 0 Å². The van der Waals surface area contributed by atoms with E-state index >= 15 is 0 Å². The fourth-order valence-electron chi connectivity index (χ4n) is 4.84. The van der Waals surface area contributed by atoms with Gasteiger partial charge in [0, 0.05) is 24.7 Å². The van der Waals surface area contributed by atoms with Crippen molar-refractivity contribution >= 4 is 8.32 Å². The van der Waals surface area contributed by atoms with Crippen LogP contribution in [0, 0.1) is 29.6 Å². The third-order valence-electron chi connectivity index (χ3n) is 7.67. The first-order valence-corrected chi connectivity index (χ1v) is 14.2. The van der Waals surface area contributed by atoms with Crippen molar-refractivity contribution in [3.8, 4) is 11.8 Å². The van der Waals surface area contributed by atoms with Gasteiger partial charge in [-0.25, -0.2) is 0 Å². The van der Waals surface area contributed by atoms with Gasteiger partial charge in [-0.1, -0.05) is 62.9 Å². The van der Waals surface area contributed by atoms with Gasteiger partial charge in [0.2, 0.25) is 0 Å². The van der Waals surface area contributed by atoms with E-state index in [1.165, 1.54) is 5.56 Å². The van der Waals surface area contributed by atoms with E-state index in [4.69, 9.17) is 13.9 Å². The number of fused-ring (bicyclic) bond motifs is 2. The van der Waals surface area contributed by atoms with Crippen LogP contribution in [-0.4, -0.2) is 44.6 Å². The Kier molecular flexibility index (Phi) is 5.93. The second kappa shape index (κ2) is 8.07. The van der Waals surface area contributed by atoms with Gasteiger partial charge in [0.05, 0.1) is 19.3 Å². The van der Waals surface area contributed by atoms with Gasteiger partial charge in [-0.05, 0) is 36.0 Å². The van der Waals surface area contributed by atoms with Gasteiger partial charge in [0.1, 0.15) is 6.10 Å². The van der Waals surface area contributed by atoms with E-state index in [0.717, 1.165) is 19.3 Å². The highest BCUT2D eigenvalue weighted by Gasteiger charge is 2.64. The van der Waals surface area contributed by atoms with E-state index in [-0.39, 0.29) is 28.9 Å². The summed E-state index contributed by atoms with van der Waals surface area (Å²) in [5.41, 5.74) is 1.23. The lowest BCUT2D eigenvalue weighted by Gasteiger charge is -2.48. The molecule has 5 unspecified atom stereocenters. The Morgan fingerprint density at radius 1 is 1.20 bits per heavy atom. The zero-order chi connectivity index (χ0) is 21.6. The lowest BCUT2D eigenvalue weighted by molar-refractivity contribution is -0.275. The van der Waals surface area contributed by atoms with Gasteiger partial charge in [-0.3, -0.25) is 0 Å². The van der Waals surface area contributed by atoms with Gasteiger partial charge in [0.25, 0.3) is 0 Å². The molecule has 164 valence electrons. The molecule has 4 nitrogen and oxygen atoms in total. The molecule has 5 heteroatoms. The second-order valence-electron chi connectivity index (χ2n) is 10.7. The minimum absolute atomic E-state index is 0.0338. The first-order chi connectivity index (χ1) is 14.1. The van der Waals surface area contributed by atoms with Crippen LogP contribution in [0.5, 0.6) is 0 Å². The van der Waals surface area contributed by atoms with Crippen molar-refractivity contribution in [2.75, 3.05) is 13.2 Å². The average Bonchev–Trinajstić information content (AvgIpc) is 3.25. The fraction of sp³-hybridized carbons (Fsp3) is 0.680. The maximum atomic E-state index is 10.8. The maximum Gasteiger partial charge on any atom is 0.193 e. The highest BCUT2D eigenvalue weighted by atomic mass is 28.4. The van der Waals surface area contributed by atoms with Crippen molar-refractivity contribution in [1.29, 1.82) is 0 Å². The summed E-state index contributed by atoms with van der Waals surface area (Å²) < 4.78 is 18.5. The Hall–Kier alpha value is -1.16. The molecule has 30 heavy (non-hydrogen) atoms. The second-order valence-corrected chi connectivity index (χ2v) is 15.4. The highest BCUT2D eigenvalue weighted by molar-refractivity contribution is 6.74. The molecule has 4 rings (SSSR count). The lowest BCUT2D eigenvalue weighted by atomic mass is 9.69. The summed E-state index contributed by atoms with van der Waals surface area (Å²) in [4.78, 5) is 0. The summed E-state index contributed by atoms with van der Waals surface area (Å²) in [6, 6.07) is 10.4. The van der Waals surface area contributed by atoms with Gasteiger partial charge < -0.3 is 19.0 Å². The molecule has 1 heterocycles. The van der Waals surface area contributed by atoms with Gasteiger partial charge >= 0.3 is 0 Å². The van der Waals surface area contributed by atoms with Crippen LogP contribution in [0.4, 0.5) is 0 Å². The van der Waals surface area contributed by atoms with Crippen LogP contribution in [0.25, 0.3) is 0 Å². The zero-order valence-corrected chi connectivity index (χ0v) is 20.0. The Labute approximate surface area is 182 Å². The van der Waals surface area contributed by atoms with Crippen LogP contribution < -0.4 is 0 Å². The molecule has 1 N–H and O–H groups in total. The normalized spacial score (nSPS) is 31.0. The molecule has 1 aliphatic heterocycles. The van der Waals surface area contributed by atoms with E-state index in [0.29, 0.717) is 13.2 Å². The molecule has 3 fully saturated rings. The molecule has 3 aliphatic rings. The van der Waals surface area contributed by atoms with Crippen LogP contribution >= 0.6 is 0 Å². The molecule has 1 aromatic carbocycles. The van der Waals surface area contributed by atoms with Crippen molar-refractivity contribution in [1.82, 2.24) is 0 Å². The Bertz CT molecular complexity index is 798. The molecule has 2 aliphatic carbocycles. The van der Waals surface area contributed by atoms with Gasteiger partial charge in [-0.2, -0.15) is 0 Å². The highest BCUT2D eigenvalue weighted by Crippen LogP contribution is 2.59. The summed E-state index contributed by atoms with van der Waals surface area (Å²) >= 11 is 0. The summed E-state index contributed by atoms with van der Waals surface area (Å²) in [6.07, 6.45) is 1.85. The number of hydrogen-bond acceptors (Lipinski definition) is 4. The molecule has 5 atom stereocenters. The average molecular weight is 429 g/mol. The van der Waals surface area contributed by atoms with Crippen LogP contribution in [0.2, 0.25) is 18.1 Å². The number of ether oxygens (including phenoxy) is 2. The molecular weight excluding hydrogens is 392 g/mol. The van der Waals surface area contributed by atoms with Crippen LogP contribution in [0.15, 0.2) is 30.3 Å². The lowest BCUT2D eigenvalue weighted by Crippen LogP contribution is -2.54. The largest absolute Gasteiger partial charge is 0.403 e. The smallest absolute Gasteiger partial charge is 0.193 e. The number of hydrogen-bond donors (Lipinski definition) is 1. The number of aliphatic hydroxyl groups excluding tert-OH is 1.